The van der Waals surface area contributed by atoms with E-state index >= 15 is 0 Å². The van der Waals surface area contributed by atoms with Crippen molar-refractivity contribution in [3.05, 3.63) is 58.1 Å². The fourth-order valence-electron chi connectivity index (χ4n) is 2.12. The van der Waals surface area contributed by atoms with Crippen LogP contribution in [0.5, 0.6) is 11.5 Å². The summed E-state index contributed by atoms with van der Waals surface area (Å²) < 4.78 is 11.6. The third-order valence-corrected chi connectivity index (χ3v) is 4.16. The van der Waals surface area contributed by atoms with Gasteiger partial charge in [-0.3, -0.25) is 4.79 Å². The number of carbonyl (C=O) groups is 1. The second-order valence-corrected chi connectivity index (χ2v) is 5.72. The van der Waals surface area contributed by atoms with Crippen molar-refractivity contribution < 1.29 is 14.3 Å². The lowest BCUT2D eigenvalue weighted by Crippen LogP contribution is -2.07. The fourth-order valence-corrected chi connectivity index (χ4v) is 2.36. The molecule has 1 N–H and O–H groups in total. The molecule has 0 heterocycles. The van der Waals surface area contributed by atoms with Crippen molar-refractivity contribution in [1.29, 1.82) is 0 Å². The molecule has 2 aromatic carbocycles. The molecule has 23 heavy (non-hydrogen) atoms. The Hall–Kier alpha value is -2.27. The lowest BCUT2D eigenvalue weighted by atomic mass is 10.1. The molecule has 0 radical (unpaired) electrons. The highest BCUT2D eigenvalue weighted by Crippen LogP contribution is 2.31. The molecule has 0 aliphatic heterocycles. The number of carbonyl (C=O) groups excluding carboxylic acids is 1. The summed E-state index contributed by atoms with van der Waals surface area (Å²) in [6.07, 6.45) is 3.16. The van der Waals surface area contributed by atoms with Crippen molar-refractivity contribution in [1.82, 2.24) is 0 Å². The minimum atomic E-state index is -0.211. The van der Waals surface area contributed by atoms with Crippen molar-refractivity contribution in [2.75, 3.05) is 19.5 Å². The molecule has 2 aromatic rings. The minimum absolute atomic E-state index is 0.211. The van der Waals surface area contributed by atoms with Crippen LogP contribution >= 0.6 is 15.9 Å². The number of nitrogens with one attached hydrogen (secondary N) is 1. The van der Waals surface area contributed by atoms with E-state index in [0.29, 0.717) is 11.5 Å². The molecule has 0 fully saturated rings. The highest BCUT2D eigenvalue weighted by molar-refractivity contribution is 9.10. The molecule has 0 atom stereocenters. The van der Waals surface area contributed by atoms with E-state index in [1.807, 2.05) is 37.3 Å². The Kier molecular flexibility index (Phi) is 5.82. The number of benzene rings is 2. The highest BCUT2D eigenvalue weighted by atomic mass is 79.9. The molecule has 2 rings (SSSR count). The average Bonchev–Trinajstić information content (AvgIpc) is 2.55. The molecule has 120 valence electrons. The maximum Gasteiger partial charge on any atom is 0.248 e. The Labute approximate surface area is 144 Å². The molecule has 4 nitrogen and oxygen atoms in total. The number of aryl methyl sites for hydroxylation is 1. The van der Waals surface area contributed by atoms with E-state index in [-0.39, 0.29) is 5.91 Å². The summed E-state index contributed by atoms with van der Waals surface area (Å²) in [5.41, 5.74) is 2.58. The van der Waals surface area contributed by atoms with Crippen LogP contribution in [0.15, 0.2) is 46.9 Å². The predicted molar refractivity (Wildman–Crippen MR) is 96.1 cm³/mol. The summed E-state index contributed by atoms with van der Waals surface area (Å²) in [6.45, 7) is 1.97. The highest BCUT2D eigenvalue weighted by Gasteiger charge is 2.07. The number of rotatable bonds is 5. The Balaban J connectivity index is 2.13. The molecular formula is C18H18BrNO3. The summed E-state index contributed by atoms with van der Waals surface area (Å²) in [7, 11) is 3.15. The first kappa shape index (κ1) is 17.1. The number of para-hydroxylation sites is 1. The second-order valence-electron chi connectivity index (χ2n) is 4.87. The van der Waals surface area contributed by atoms with Crippen LogP contribution in [0, 0.1) is 6.92 Å². The van der Waals surface area contributed by atoms with Gasteiger partial charge in [0.1, 0.15) is 0 Å². The molecule has 5 heteroatoms. The van der Waals surface area contributed by atoms with Gasteiger partial charge in [0.25, 0.3) is 0 Å². The number of hydrogen-bond acceptors (Lipinski definition) is 3. The van der Waals surface area contributed by atoms with E-state index in [4.69, 9.17) is 9.47 Å². The summed E-state index contributed by atoms with van der Waals surface area (Å²) in [5.74, 6) is 1.01. The summed E-state index contributed by atoms with van der Waals surface area (Å²) >= 11 is 3.43. The number of halogens is 1. The van der Waals surface area contributed by atoms with Gasteiger partial charge in [0, 0.05) is 21.8 Å². The van der Waals surface area contributed by atoms with Gasteiger partial charge in [-0.25, -0.2) is 0 Å². The zero-order valence-electron chi connectivity index (χ0n) is 13.2. The van der Waals surface area contributed by atoms with Crippen LogP contribution in [0.4, 0.5) is 5.69 Å². The maximum absolute atomic E-state index is 12.1. The van der Waals surface area contributed by atoms with Crippen LogP contribution in [-0.4, -0.2) is 20.1 Å². The van der Waals surface area contributed by atoms with E-state index in [1.54, 1.807) is 26.4 Å². The first-order valence-electron chi connectivity index (χ1n) is 7.01. The maximum atomic E-state index is 12.1. The van der Waals surface area contributed by atoms with Crippen LogP contribution in [0.25, 0.3) is 6.08 Å². The minimum Gasteiger partial charge on any atom is -0.493 e. The monoisotopic (exact) mass is 375 g/mol. The number of anilines is 1. The Morgan fingerprint density at radius 1 is 1.17 bits per heavy atom. The van der Waals surface area contributed by atoms with Crippen LogP contribution in [-0.2, 0) is 4.79 Å². The van der Waals surface area contributed by atoms with Gasteiger partial charge < -0.3 is 14.8 Å². The Bertz CT molecular complexity index is 741. The topological polar surface area (TPSA) is 47.6 Å². The number of ether oxygens (including phenoxy) is 2. The summed E-state index contributed by atoms with van der Waals surface area (Å²) in [5, 5.41) is 2.83. The van der Waals surface area contributed by atoms with Crippen molar-refractivity contribution >= 4 is 33.6 Å². The smallest absolute Gasteiger partial charge is 0.248 e. The normalized spacial score (nSPS) is 10.6. The predicted octanol–water partition coefficient (Wildman–Crippen LogP) is 4.43. The van der Waals surface area contributed by atoms with Crippen molar-refractivity contribution in [3.63, 3.8) is 0 Å². The number of hydrogen-bond donors (Lipinski definition) is 1. The molecule has 0 aromatic heterocycles. The third-order valence-electron chi connectivity index (χ3n) is 3.27. The molecule has 0 aliphatic rings. The Morgan fingerprint density at radius 2 is 1.96 bits per heavy atom. The lowest BCUT2D eigenvalue weighted by Gasteiger charge is -2.10. The number of methoxy groups -OCH3 is 2. The van der Waals surface area contributed by atoms with E-state index in [2.05, 4.69) is 21.2 Å². The van der Waals surface area contributed by atoms with Crippen LogP contribution in [0.3, 0.4) is 0 Å². The van der Waals surface area contributed by atoms with E-state index in [1.165, 1.54) is 6.08 Å². The summed E-state index contributed by atoms with van der Waals surface area (Å²) in [4.78, 5) is 12.1. The quantitative estimate of drug-likeness (QED) is 0.786. The van der Waals surface area contributed by atoms with Gasteiger partial charge in [0.2, 0.25) is 5.91 Å². The van der Waals surface area contributed by atoms with Gasteiger partial charge in [0.05, 0.1) is 14.2 Å². The Morgan fingerprint density at radius 3 is 2.61 bits per heavy atom. The van der Waals surface area contributed by atoms with Gasteiger partial charge in [0.15, 0.2) is 11.5 Å². The molecule has 0 saturated heterocycles. The van der Waals surface area contributed by atoms with Crippen molar-refractivity contribution in [2.45, 2.75) is 6.92 Å². The van der Waals surface area contributed by atoms with Crippen LogP contribution < -0.4 is 14.8 Å². The van der Waals surface area contributed by atoms with Crippen molar-refractivity contribution in [2.24, 2.45) is 0 Å². The van der Waals surface area contributed by atoms with Gasteiger partial charge in [-0.15, -0.1) is 0 Å². The van der Waals surface area contributed by atoms with Gasteiger partial charge >= 0.3 is 0 Å². The second kappa shape index (κ2) is 7.83. The zero-order valence-corrected chi connectivity index (χ0v) is 14.8. The van der Waals surface area contributed by atoms with Gasteiger partial charge in [-0.1, -0.05) is 28.1 Å². The molecule has 0 bridgehead atoms. The lowest BCUT2D eigenvalue weighted by molar-refractivity contribution is -0.111. The summed E-state index contributed by atoms with van der Waals surface area (Å²) in [6, 6.07) is 11.2. The van der Waals surface area contributed by atoms with Crippen LogP contribution in [0.1, 0.15) is 11.1 Å². The fraction of sp³-hybridized carbons (Fsp3) is 0.167. The van der Waals surface area contributed by atoms with Gasteiger partial charge in [-0.2, -0.15) is 0 Å². The zero-order chi connectivity index (χ0) is 16.8. The van der Waals surface area contributed by atoms with E-state index in [9.17, 15) is 4.79 Å². The molecule has 0 saturated carbocycles. The molecule has 0 aliphatic carbocycles. The molecule has 0 unspecified atom stereocenters. The molecule has 0 spiro atoms. The van der Waals surface area contributed by atoms with Crippen LogP contribution in [0.2, 0.25) is 0 Å². The molecular weight excluding hydrogens is 358 g/mol. The SMILES string of the molecule is COc1cccc(/C=C/C(=O)Nc2ccc(Br)c(C)c2)c1OC. The average molecular weight is 376 g/mol. The van der Waals surface area contributed by atoms with Crippen molar-refractivity contribution in [3.8, 4) is 11.5 Å². The van der Waals surface area contributed by atoms with E-state index in [0.717, 1.165) is 21.3 Å². The first-order chi connectivity index (χ1) is 11.0. The third kappa shape index (κ3) is 4.36. The standard InChI is InChI=1S/C18H18BrNO3/c1-12-11-14(8-9-15(12)19)20-17(21)10-7-13-5-4-6-16(22-2)18(13)23-3/h4-11H,1-3H3,(H,20,21)/b10-7+. The van der Waals surface area contributed by atoms with E-state index < -0.39 is 0 Å². The number of amides is 1. The first-order valence-corrected chi connectivity index (χ1v) is 7.80. The van der Waals surface area contributed by atoms with Gasteiger partial charge in [-0.05, 0) is 42.8 Å². The largest absolute Gasteiger partial charge is 0.493 e. The molecule has 1 amide bonds.